The molecule has 0 atom stereocenters. The molecule has 0 amide bonds. The summed E-state index contributed by atoms with van der Waals surface area (Å²) in [6.07, 6.45) is 3.01. The van der Waals surface area contributed by atoms with E-state index in [1.807, 2.05) is 0 Å². The number of rotatable bonds is 3. The molecule has 1 aromatic heterocycles. The molecular formula is C12H12FN3O. The Balaban J connectivity index is 2.56. The maximum atomic E-state index is 13.2. The van der Waals surface area contributed by atoms with Crippen molar-refractivity contribution in [1.82, 2.24) is 15.0 Å². The highest BCUT2D eigenvalue weighted by Crippen LogP contribution is 2.18. The first-order valence-electron chi connectivity index (χ1n) is 5.30. The molecule has 0 fully saturated rings. The van der Waals surface area contributed by atoms with Crippen LogP contribution in [-0.4, -0.2) is 20.8 Å². The minimum atomic E-state index is -0.440. The molecule has 88 valence electrons. The molecule has 0 aliphatic rings. The summed E-state index contributed by atoms with van der Waals surface area (Å²) in [4.78, 5) is 13.3. The van der Waals surface area contributed by atoms with Gasteiger partial charge in [-0.1, -0.05) is 13.8 Å². The molecule has 0 N–H and O–H groups in total. The molecule has 0 unspecified atom stereocenters. The number of halogens is 1. The van der Waals surface area contributed by atoms with Crippen molar-refractivity contribution >= 4 is 5.78 Å². The van der Waals surface area contributed by atoms with E-state index in [9.17, 15) is 9.18 Å². The fourth-order valence-electron chi connectivity index (χ4n) is 1.53. The van der Waals surface area contributed by atoms with E-state index in [1.165, 1.54) is 35.4 Å². The number of benzene rings is 1. The zero-order chi connectivity index (χ0) is 12.4. The van der Waals surface area contributed by atoms with Crippen molar-refractivity contribution in [3.63, 3.8) is 0 Å². The normalized spacial score (nSPS) is 10.8. The van der Waals surface area contributed by atoms with Gasteiger partial charge in [0.2, 0.25) is 0 Å². The molecule has 1 aromatic carbocycles. The van der Waals surface area contributed by atoms with Crippen molar-refractivity contribution in [3.8, 4) is 5.69 Å². The fraction of sp³-hybridized carbons (Fsp3) is 0.250. The molecule has 0 saturated carbocycles. The zero-order valence-electron chi connectivity index (χ0n) is 9.59. The van der Waals surface area contributed by atoms with Gasteiger partial charge in [-0.25, -0.2) is 4.39 Å². The summed E-state index contributed by atoms with van der Waals surface area (Å²) in [6.45, 7) is 3.54. The highest BCUT2D eigenvalue weighted by Gasteiger charge is 2.17. The van der Waals surface area contributed by atoms with Gasteiger partial charge in [-0.2, -0.15) is 15.0 Å². The molecule has 0 aliphatic carbocycles. The van der Waals surface area contributed by atoms with Gasteiger partial charge in [-0.15, -0.1) is 0 Å². The van der Waals surface area contributed by atoms with E-state index in [1.54, 1.807) is 13.8 Å². The van der Waals surface area contributed by atoms with Crippen LogP contribution in [0.3, 0.4) is 0 Å². The first kappa shape index (κ1) is 11.4. The van der Waals surface area contributed by atoms with Crippen LogP contribution in [0.15, 0.2) is 30.6 Å². The quantitative estimate of drug-likeness (QED) is 0.764. The number of Topliss-reactive ketones (excluding diaryl/α,β-unsaturated/α-hetero) is 1. The van der Waals surface area contributed by atoms with Crippen LogP contribution in [0.2, 0.25) is 0 Å². The van der Waals surface area contributed by atoms with Gasteiger partial charge >= 0.3 is 0 Å². The van der Waals surface area contributed by atoms with Crippen molar-refractivity contribution in [2.45, 2.75) is 13.8 Å². The van der Waals surface area contributed by atoms with Crippen LogP contribution in [0.25, 0.3) is 5.69 Å². The fourth-order valence-corrected chi connectivity index (χ4v) is 1.53. The van der Waals surface area contributed by atoms with Gasteiger partial charge < -0.3 is 0 Å². The maximum Gasteiger partial charge on any atom is 0.167 e. The molecule has 4 nitrogen and oxygen atoms in total. The molecular weight excluding hydrogens is 221 g/mol. The van der Waals surface area contributed by atoms with E-state index in [-0.39, 0.29) is 11.7 Å². The maximum absolute atomic E-state index is 13.2. The number of ketones is 1. The standard InChI is InChI=1S/C12H12FN3O/c1-8(2)12(17)10-7-9(13)3-4-11(10)16-14-5-6-15-16/h3-8H,1-2H3. The second-order valence-electron chi connectivity index (χ2n) is 4.00. The van der Waals surface area contributed by atoms with Crippen LogP contribution in [0.5, 0.6) is 0 Å². The zero-order valence-corrected chi connectivity index (χ0v) is 9.59. The van der Waals surface area contributed by atoms with E-state index in [0.717, 1.165) is 0 Å². The van der Waals surface area contributed by atoms with Crippen molar-refractivity contribution in [2.75, 3.05) is 0 Å². The number of carbonyl (C=O) groups excluding carboxylic acids is 1. The lowest BCUT2D eigenvalue weighted by atomic mass is 9.99. The average molecular weight is 233 g/mol. The van der Waals surface area contributed by atoms with Gasteiger partial charge in [-0.05, 0) is 18.2 Å². The van der Waals surface area contributed by atoms with E-state index in [2.05, 4.69) is 10.2 Å². The van der Waals surface area contributed by atoms with Crippen LogP contribution >= 0.6 is 0 Å². The summed E-state index contributed by atoms with van der Waals surface area (Å²) in [5, 5.41) is 7.90. The second-order valence-corrected chi connectivity index (χ2v) is 4.00. The van der Waals surface area contributed by atoms with Crippen molar-refractivity contribution < 1.29 is 9.18 Å². The minimum absolute atomic E-state index is 0.128. The van der Waals surface area contributed by atoms with Gasteiger partial charge in [0, 0.05) is 11.5 Å². The lowest BCUT2D eigenvalue weighted by molar-refractivity contribution is 0.0938. The lowest BCUT2D eigenvalue weighted by Crippen LogP contribution is -2.13. The summed E-state index contributed by atoms with van der Waals surface area (Å²) in [7, 11) is 0. The Morgan fingerprint density at radius 2 is 1.94 bits per heavy atom. The van der Waals surface area contributed by atoms with Gasteiger partial charge in [-0.3, -0.25) is 4.79 Å². The SMILES string of the molecule is CC(C)C(=O)c1cc(F)ccc1-n1nccn1. The summed E-state index contributed by atoms with van der Waals surface area (Å²) < 4.78 is 13.2. The molecule has 2 aromatic rings. The summed E-state index contributed by atoms with van der Waals surface area (Å²) in [5.74, 6) is -0.771. The third kappa shape index (κ3) is 2.22. The Bertz CT molecular complexity index is 535. The van der Waals surface area contributed by atoms with E-state index >= 15 is 0 Å². The van der Waals surface area contributed by atoms with Crippen molar-refractivity contribution in [3.05, 3.63) is 42.0 Å². The van der Waals surface area contributed by atoms with Crippen LogP contribution in [0, 0.1) is 11.7 Å². The third-order valence-electron chi connectivity index (χ3n) is 2.38. The number of hydrogen-bond donors (Lipinski definition) is 0. The first-order chi connectivity index (χ1) is 8.09. The van der Waals surface area contributed by atoms with E-state index in [0.29, 0.717) is 11.3 Å². The summed E-state index contributed by atoms with van der Waals surface area (Å²) in [6, 6.07) is 4.02. The predicted octanol–water partition coefficient (Wildman–Crippen LogP) is 2.25. The highest BCUT2D eigenvalue weighted by molar-refractivity contribution is 6.00. The molecule has 0 bridgehead atoms. The molecule has 0 saturated heterocycles. The average Bonchev–Trinajstić information content (AvgIpc) is 2.81. The lowest BCUT2D eigenvalue weighted by Gasteiger charge is -2.09. The summed E-state index contributed by atoms with van der Waals surface area (Å²) >= 11 is 0. The van der Waals surface area contributed by atoms with Crippen LogP contribution < -0.4 is 0 Å². The Hall–Kier alpha value is -2.04. The molecule has 0 radical (unpaired) electrons. The minimum Gasteiger partial charge on any atom is -0.294 e. The Kier molecular flexibility index (Phi) is 2.99. The van der Waals surface area contributed by atoms with Gasteiger partial charge in [0.05, 0.1) is 18.1 Å². The molecule has 1 heterocycles. The number of nitrogens with zero attached hydrogens (tertiary/aromatic N) is 3. The predicted molar refractivity (Wildman–Crippen MR) is 60.5 cm³/mol. The highest BCUT2D eigenvalue weighted by atomic mass is 19.1. The Morgan fingerprint density at radius 1 is 1.29 bits per heavy atom. The number of carbonyl (C=O) groups is 1. The first-order valence-corrected chi connectivity index (χ1v) is 5.30. The van der Waals surface area contributed by atoms with Gasteiger partial charge in [0.15, 0.2) is 5.78 Å². The van der Waals surface area contributed by atoms with E-state index in [4.69, 9.17) is 0 Å². The van der Waals surface area contributed by atoms with Gasteiger partial charge in [0.1, 0.15) is 5.82 Å². The van der Waals surface area contributed by atoms with Gasteiger partial charge in [0.25, 0.3) is 0 Å². The Morgan fingerprint density at radius 3 is 2.53 bits per heavy atom. The smallest absolute Gasteiger partial charge is 0.167 e. The molecule has 5 heteroatoms. The number of hydrogen-bond acceptors (Lipinski definition) is 3. The van der Waals surface area contributed by atoms with Crippen LogP contribution in [0.1, 0.15) is 24.2 Å². The molecule has 0 spiro atoms. The largest absolute Gasteiger partial charge is 0.294 e. The third-order valence-corrected chi connectivity index (χ3v) is 2.38. The molecule has 0 aliphatic heterocycles. The molecule has 17 heavy (non-hydrogen) atoms. The van der Waals surface area contributed by atoms with E-state index < -0.39 is 5.82 Å². The van der Waals surface area contributed by atoms with Crippen LogP contribution in [-0.2, 0) is 0 Å². The van der Waals surface area contributed by atoms with Crippen molar-refractivity contribution in [1.29, 1.82) is 0 Å². The molecule has 2 rings (SSSR count). The monoisotopic (exact) mass is 233 g/mol. The van der Waals surface area contributed by atoms with Crippen LogP contribution in [0.4, 0.5) is 4.39 Å². The topological polar surface area (TPSA) is 47.8 Å². The second kappa shape index (κ2) is 4.45. The van der Waals surface area contributed by atoms with Crippen molar-refractivity contribution in [2.24, 2.45) is 5.92 Å². The number of aromatic nitrogens is 3. The summed E-state index contributed by atoms with van der Waals surface area (Å²) in [5.41, 5.74) is 0.798. The Labute approximate surface area is 98.1 Å².